The van der Waals surface area contributed by atoms with Crippen LogP contribution >= 0.6 is 0 Å². The first-order chi connectivity index (χ1) is 8.78. The number of nitrogens with zero attached hydrogens (tertiary/aromatic N) is 4. The van der Waals surface area contributed by atoms with Crippen LogP contribution in [0.4, 0.5) is 10.1 Å². The van der Waals surface area contributed by atoms with E-state index in [9.17, 15) is 4.39 Å². The van der Waals surface area contributed by atoms with E-state index in [1.54, 1.807) is 18.5 Å². The summed E-state index contributed by atoms with van der Waals surface area (Å²) in [7, 11) is 0. The smallest absolute Gasteiger partial charge is 0.152 e. The van der Waals surface area contributed by atoms with Gasteiger partial charge in [-0.25, -0.2) is 4.39 Å². The molecule has 2 heterocycles. The average molecular weight is 248 g/mol. The molecule has 0 amide bonds. The highest BCUT2D eigenvalue weighted by Gasteiger charge is 2.20. The maximum atomic E-state index is 13.9. The van der Waals surface area contributed by atoms with E-state index in [1.807, 2.05) is 9.47 Å². The third-order valence-corrected chi connectivity index (χ3v) is 3.17. The normalized spacial score (nSPS) is 14.7. The van der Waals surface area contributed by atoms with Crippen molar-refractivity contribution in [2.75, 3.05) is 11.4 Å². The van der Waals surface area contributed by atoms with Crippen LogP contribution in [0.1, 0.15) is 11.4 Å². The van der Waals surface area contributed by atoms with Crippen molar-refractivity contribution in [3.8, 4) is 0 Å². The number of aromatic nitrogens is 3. The Hall–Kier alpha value is -1.95. The minimum absolute atomic E-state index is 0.147. The van der Waals surface area contributed by atoms with Crippen LogP contribution in [0.5, 0.6) is 0 Å². The van der Waals surface area contributed by atoms with E-state index in [4.69, 9.17) is 5.11 Å². The highest BCUT2D eigenvalue weighted by Crippen LogP contribution is 2.24. The van der Waals surface area contributed by atoms with Gasteiger partial charge in [-0.1, -0.05) is 6.07 Å². The molecule has 0 aliphatic carbocycles. The van der Waals surface area contributed by atoms with E-state index in [-0.39, 0.29) is 12.4 Å². The SMILES string of the molecule is OCc1ccc(N2CCn3cnnc3C2)c(F)c1. The summed E-state index contributed by atoms with van der Waals surface area (Å²) in [5, 5.41) is 16.8. The molecule has 2 aromatic rings. The van der Waals surface area contributed by atoms with Gasteiger partial charge >= 0.3 is 0 Å². The number of aliphatic hydroxyl groups excluding tert-OH is 1. The van der Waals surface area contributed by atoms with Crippen LogP contribution in [-0.4, -0.2) is 26.4 Å². The molecule has 0 fully saturated rings. The quantitative estimate of drug-likeness (QED) is 0.859. The average Bonchev–Trinajstić information content (AvgIpc) is 2.85. The van der Waals surface area contributed by atoms with E-state index in [0.29, 0.717) is 17.8 Å². The Balaban J connectivity index is 1.88. The number of hydrogen-bond acceptors (Lipinski definition) is 4. The first kappa shape index (κ1) is 11.2. The molecule has 0 radical (unpaired) electrons. The molecule has 94 valence electrons. The van der Waals surface area contributed by atoms with Gasteiger partial charge in [0.1, 0.15) is 12.1 Å². The van der Waals surface area contributed by atoms with Gasteiger partial charge in [0.05, 0.1) is 18.8 Å². The zero-order valence-electron chi connectivity index (χ0n) is 9.75. The summed E-state index contributed by atoms with van der Waals surface area (Å²) in [4.78, 5) is 1.93. The minimum Gasteiger partial charge on any atom is -0.392 e. The second kappa shape index (κ2) is 4.38. The number of benzene rings is 1. The summed E-state index contributed by atoms with van der Waals surface area (Å²) in [6, 6.07) is 4.80. The van der Waals surface area contributed by atoms with Crippen molar-refractivity contribution < 1.29 is 9.50 Å². The Bertz CT molecular complexity index is 569. The van der Waals surface area contributed by atoms with Crippen molar-refractivity contribution in [1.29, 1.82) is 0 Å². The molecule has 1 aliphatic heterocycles. The van der Waals surface area contributed by atoms with Gasteiger partial charge in [0, 0.05) is 13.1 Å². The molecular weight excluding hydrogens is 235 g/mol. The van der Waals surface area contributed by atoms with Gasteiger partial charge in [-0.05, 0) is 17.7 Å². The molecule has 0 atom stereocenters. The molecule has 1 N–H and O–H groups in total. The minimum atomic E-state index is -0.311. The van der Waals surface area contributed by atoms with Crippen LogP contribution in [-0.2, 0) is 19.7 Å². The van der Waals surface area contributed by atoms with Crippen LogP contribution in [0.3, 0.4) is 0 Å². The van der Waals surface area contributed by atoms with Gasteiger partial charge in [0.25, 0.3) is 0 Å². The number of aliphatic hydroxyl groups is 1. The van der Waals surface area contributed by atoms with Crippen molar-refractivity contribution in [2.45, 2.75) is 19.7 Å². The van der Waals surface area contributed by atoms with Crippen molar-refractivity contribution in [3.05, 3.63) is 41.7 Å². The third-order valence-electron chi connectivity index (χ3n) is 3.17. The molecular formula is C12H13FN4O. The largest absolute Gasteiger partial charge is 0.392 e. The van der Waals surface area contributed by atoms with E-state index >= 15 is 0 Å². The van der Waals surface area contributed by atoms with Crippen LogP contribution in [0.25, 0.3) is 0 Å². The molecule has 0 unspecified atom stereocenters. The lowest BCUT2D eigenvalue weighted by Crippen LogP contribution is -2.34. The molecule has 1 aromatic heterocycles. The van der Waals surface area contributed by atoms with Gasteiger partial charge < -0.3 is 14.6 Å². The monoisotopic (exact) mass is 248 g/mol. The van der Waals surface area contributed by atoms with Crippen LogP contribution in [0, 0.1) is 5.82 Å². The van der Waals surface area contributed by atoms with Crippen molar-refractivity contribution in [3.63, 3.8) is 0 Å². The van der Waals surface area contributed by atoms with Gasteiger partial charge in [-0.15, -0.1) is 10.2 Å². The first-order valence-corrected chi connectivity index (χ1v) is 5.79. The zero-order chi connectivity index (χ0) is 12.5. The highest BCUT2D eigenvalue weighted by molar-refractivity contribution is 5.49. The van der Waals surface area contributed by atoms with Gasteiger partial charge in [-0.2, -0.15) is 0 Å². The maximum absolute atomic E-state index is 13.9. The second-order valence-electron chi connectivity index (χ2n) is 4.31. The Morgan fingerprint density at radius 3 is 3.00 bits per heavy atom. The van der Waals surface area contributed by atoms with E-state index < -0.39 is 0 Å². The Morgan fingerprint density at radius 2 is 2.22 bits per heavy atom. The van der Waals surface area contributed by atoms with E-state index in [0.717, 1.165) is 18.9 Å². The summed E-state index contributed by atoms with van der Waals surface area (Å²) in [5.41, 5.74) is 1.12. The zero-order valence-corrected chi connectivity index (χ0v) is 9.75. The van der Waals surface area contributed by atoms with Crippen molar-refractivity contribution in [2.24, 2.45) is 0 Å². The first-order valence-electron chi connectivity index (χ1n) is 5.79. The summed E-state index contributed by atoms with van der Waals surface area (Å²) in [6.07, 6.45) is 1.69. The van der Waals surface area contributed by atoms with Gasteiger partial charge in [0.15, 0.2) is 5.82 Å². The lowest BCUT2D eigenvalue weighted by molar-refractivity contribution is 0.281. The number of rotatable bonds is 2. The maximum Gasteiger partial charge on any atom is 0.152 e. The summed E-state index contributed by atoms with van der Waals surface area (Å²) in [5.74, 6) is 0.529. The Kier molecular flexibility index (Phi) is 2.71. The molecule has 1 aromatic carbocycles. The van der Waals surface area contributed by atoms with E-state index in [1.165, 1.54) is 6.07 Å². The highest BCUT2D eigenvalue weighted by atomic mass is 19.1. The fraction of sp³-hybridized carbons (Fsp3) is 0.333. The number of halogens is 1. The Morgan fingerprint density at radius 1 is 1.33 bits per heavy atom. The molecule has 0 spiro atoms. The number of anilines is 1. The van der Waals surface area contributed by atoms with E-state index in [2.05, 4.69) is 10.2 Å². The summed E-state index contributed by atoms with van der Waals surface area (Å²) >= 11 is 0. The van der Waals surface area contributed by atoms with Crippen molar-refractivity contribution >= 4 is 5.69 Å². The third kappa shape index (κ3) is 1.84. The fourth-order valence-corrected chi connectivity index (χ4v) is 2.18. The molecule has 0 bridgehead atoms. The standard InChI is InChI=1S/C12H13FN4O/c13-10-5-9(7-18)1-2-11(10)16-3-4-17-8-14-15-12(17)6-16/h1-2,5,8,18H,3-4,6-7H2. The van der Waals surface area contributed by atoms with Crippen LogP contribution in [0.2, 0.25) is 0 Å². The molecule has 5 nitrogen and oxygen atoms in total. The predicted molar refractivity (Wildman–Crippen MR) is 63.4 cm³/mol. The molecule has 18 heavy (non-hydrogen) atoms. The number of hydrogen-bond donors (Lipinski definition) is 1. The van der Waals surface area contributed by atoms with Crippen molar-refractivity contribution in [1.82, 2.24) is 14.8 Å². The number of fused-ring (bicyclic) bond motifs is 1. The second-order valence-corrected chi connectivity index (χ2v) is 4.31. The lowest BCUT2D eigenvalue weighted by Gasteiger charge is -2.29. The molecule has 1 aliphatic rings. The molecule has 0 saturated carbocycles. The summed E-state index contributed by atoms with van der Waals surface area (Å²) in [6.45, 7) is 1.88. The molecule has 6 heteroatoms. The lowest BCUT2D eigenvalue weighted by atomic mass is 10.2. The predicted octanol–water partition coefficient (Wildman–Crippen LogP) is 0.930. The van der Waals surface area contributed by atoms with Crippen LogP contribution < -0.4 is 4.90 Å². The fourth-order valence-electron chi connectivity index (χ4n) is 2.18. The Labute approximate surface area is 103 Å². The van der Waals surface area contributed by atoms with Gasteiger partial charge in [-0.3, -0.25) is 0 Å². The van der Waals surface area contributed by atoms with Crippen LogP contribution in [0.15, 0.2) is 24.5 Å². The summed E-state index contributed by atoms with van der Waals surface area (Å²) < 4.78 is 15.9. The molecule has 3 rings (SSSR count). The topological polar surface area (TPSA) is 54.2 Å². The van der Waals surface area contributed by atoms with Gasteiger partial charge in [0.2, 0.25) is 0 Å². The molecule has 0 saturated heterocycles.